The number of hydrogen-bond acceptors (Lipinski definition) is 3. The number of aromatic nitrogens is 1. The molecule has 1 heterocycles. The SMILES string of the molecule is CCOC(=O)/C=C/c1[nH]c2ccc(OCc3ccccc3)cc2c1C. The molecule has 3 aromatic rings. The lowest BCUT2D eigenvalue weighted by atomic mass is 10.1. The van der Waals surface area contributed by atoms with Crippen molar-refractivity contribution in [3.8, 4) is 5.75 Å². The number of aromatic amines is 1. The Hall–Kier alpha value is -3.01. The van der Waals surface area contributed by atoms with Gasteiger partial charge in [-0.2, -0.15) is 0 Å². The van der Waals surface area contributed by atoms with Crippen LogP contribution in [0.1, 0.15) is 23.7 Å². The zero-order chi connectivity index (χ0) is 17.6. The van der Waals surface area contributed by atoms with Crippen molar-refractivity contribution in [3.05, 3.63) is 71.4 Å². The maximum Gasteiger partial charge on any atom is 0.330 e. The molecule has 0 amide bonds. The summed E-state index contributed by atoms with van der Waals surface area (Å²) in [6.07, 6.45) is 3.19. The minimum atomic E-state index is -0.340. The summed E-state index contributed by atoms with van der Waals surface area (Å²) in [5, 5.41) is 1.08. The van der Waals surface area contributed by atoms with E-state index in [1.165, 1.54) is 6.08 Å². The lowest BCUT2D eigenvalue weighted by molar-refractivity contribution is -0.137. The third-order valence-electron chi connectivity index (χ3n) is 3.99. The number of benzene rings is 2. The van der Waals surface area contributed by atoms with Gasteiger partial charge in [0.25, 0.3) is 0 Å². The van der Waals surface area contributed by atoms with Gasteiger partial charge in [0.05, 0.1) is 6.61 Å². The van der Waals surface area contributed by atoms with Gasteiger partial charge in [-0.25, -0.2) is 4.79 Å². The van der Waals surface area contributed by atoms with E-state index in [0.29, 0.717) is 13.2 Å². The number of carbonyl (C=O) groups excluding carboxylic acids is 1. The Kier molecular flexibility index (Phi) is 5.19. The molecular weight excluding hydrogens is 314 g/mol. The van der Waals surface area contributed by atoms with Crippen LogP contribution >= 0.6 is 0 Å². The van der Waals surface area contributed by atoms with Gasteiger partial charge in [-0.3, -0.25) is 0 Å². The van der Waals surface area contributed by atoms with Crippen molar-refractivity contribution in [3.63, 3.8) is 0 Å². The van der Waals surface area contributed by atoms with Crippen LogP contribution in [-0.4, -0.2) is 17.6 Å². The molecule has 0 fully saturated rings. The fraction of sp³-hybridized carbons (Fsp3) is 0.190. The molecule has 0 saturated carbocycles. The van der Waals surface area contributed by atoms with Gasteiger partial charge in [-0.1, -0.05) is 30.3 Å². The van der Waals surface area contributed by atoms with Crippen LogP contribution in [-0.2, 0) is 16.1 Å². The van der Waals surface area contributed by atoms with Crippen molar-refractivity contribution in [2.24, 2.45) is 0 Å². The molecule has 1 N–H and O–H groups in total. The number of nitrogens with one attached hydrogen (secondary N) is 1. The minimum Gasteiger partial charge on any atom is -0.489 e. The fourth-order valence-corrected chi connectivity index (χ4v) is 2.67. The number of fused-ring (bicyclic) bond motifs is 1. The third-order valence-corrected chi connectivity index (χ3v) is 3.99. The van der Waals surface area contributed by atoms with E-state index in [1.807, 2.05) is 55.5 Å². The van der Waals surface area contributed by atoms with E-state index in [-0.39, 0.29) is 5.97 Å². The number of rotatable bonds is 6. The fourth-order valence-electron chi connectivity index (χ4n) is 2.67. The second-order valence-electron chi connectivity index (χ2n) is 5.73. The molecule has 0 aliphatic rings. The van der Waals surface area contributed by atoms with Gasteiger partial charge in [0.15, 0.2) is 0 Å². The smallest absolute Gasteiger partial charge is 0.330 e. The molecule has 128 valence electrons. The van der Waals surface area contributed by atoms with Crippen LogP contribution in [0.15, 0.2) is 54.6 Å². The first-order valence-corrected chi connectivity index (χ1v) is 8.31. The molecule has 0 aliphatic carbocycles. The lowest BCUT2D eigenvalue weighted by Gasteiger charge is -2.06. The van der Waals surface area contributed by atoms with Crippen LogP contribution in [0.4, 0.5) is 0 Å². The number of carbonyl (C=O) groups is 1. The van der Waals surface area contributed by atoms with E-state index < -0.39 is 0 Å². The van der Waals surface area contributed by atoms with Gasteiger partial charge in [-0.05, 0) is 49.2 Å². The Labute approximate surface area is 147 Å². The molecule has 1 aromatic heterocycles. The van der Waals surface area contributed by atoms with Gasteiger partial charge in [0.1, 0.15) is 12.4 Å². The van der Waals surface area contributed by atoms with Crippen molar-refractivity contribution in [1.82, 2.24) is 4.98 Å². The van der Waals surface area contributed by atoms with E-state index in [1.54, 1.807) is 13.0 Å². The zero-order valence-corrected chi connectivity index (χ0v) is 14.4. The number of aryl methyl sites for hydroxylation is 1. The Morgan fingerprint density at radius 2 is 1.96 bits per heavy atom. The number of ether oxygens (including phenoxy) is 2. The molecule has 0 atom stereocenters. The summed E-state index contributed by atoms with van der Waals surface area (Å²) in [4.78, 5) is 14.8. The van der Waals surface area contributed by atoms with E-state index in [2.05, 4.69) is 4.98 Å². The van der Waals surface area contributed by atoms with Crippen LogP contribution < -0.4 is 4.74 Å². The maximum atomic E-state index is 11.5. The topological polar surface area (TPSA) is 51.3 Å². The molecule has 0 saturated heterocycles. The van der Waals surface area contributed by atoms with Crippen LogP contribution in [0, 0.1) is 6.92 Å². The monoisotopic (exact) mass is 335 g/mol. The largest absolute Gasteiger partial charge is 0.489 e. The third kappa shape index (κ3) is 4.10. The van der Waals surface area contributed by atoms with Gasteiger partial charge >= 0.3 is 5.97 Å². The molecule has 0 unspecified atom stereocenters. The summed E-state index contributed by atoms with van der Waals surface area (Å²) in [5.41, 5.74) is 4.10. The average Bonchev–Trinajstić information content (AvgIpc) is 2.95. The molecule has 3 rings (SSSR count). The van der Waals surface area contributed by atoms with Crippen molar-refractivity contribution in [2.45, 2.75) is 20.5 Å². The van der Waals surface area contributed by atoms with Crippen molar-refractivity contribution < 1.29 is 14.3 Å². The molecule has 0 spiro atoms. The van der Waals surface area contributed by atoms with Gasteiger partial charge in [-0.15, -0.1) is 0 Å². The van der Waals surface area contributed by atoms with Crippen LogP contribution in [0.3, 0.4) is 0 Å². The Balaban J connectivity index is 1.78. The molecule has 2 aromatic carbocycles. The number of H-pyrrole nitrogens is 1. The van der Waals surface area contributed by atoms with E-state index in [4.69, 9.17) is 9.47 Å². The molecular formula is C21H21NO3. The highest BCUT2D eigenvalue weighted by molar-refractivity contribution is 5.91. The molecule has 0 radical (unpaired) electrons. The minimum absolute atomic E-state index is 0.340. The number of esters is 1. The summed E-state index contributed by atoms with van der Waals surface area (Å²) in [7, 11) is 0. The average molecular weight is 335 g/mol. The summed E-state index contributed by atoms with van der Waals surface area (Å²) in [6.45, 7) is 4.71. The lowest BCUT2D eigenvalue weighted by Crippen LogP contribution is -1.98. The van der Waals surface area contributed by atoms with Crippen LogP contribution in [0.25, 0.3) is 17.0 Å². The zero-order valence-electron chi connectivity index (χ0n) is 14.4. The predicted molar refractivity (Wildman–Crippen MR) is 99.5 cm³/mol. The van der Waals surface area contributed by atoms with E-state index >= 15 is 0 Å². The maximum absolute atomic E-state index is 11.5. The van der Waals surface area contributed by atoms with Crippen molar-refractivity contribution >= 4 is 22.9 Å². The summed E-state index contributed by atoms with van der Waals surface area (Å²) >= 11 is 0. The van der Waals surface area contributed by atoms with E-state index in [0.717, 1.165) is 33.5 Å². The van der Waals surface area contributed by atoms with Crippen LogP contribution in [0.2, 0.25) is 0 Å². The Morgan fingerprint density at radius 3 is 2.72 bits per heavy atom. The van der Waals surface area contributed by atoms with Gasteiger partial charge < -0.3 is 14.5 Å². The second-order valence-corrected chi connectivity index (χ2v) is 5.73. The first-order chi connectivity index (χ1) is 12.2. The van der Waals surface area contributed by atoms with Gasteiger partial charge in [0, 0.05) is 22.7 Å². The highest BCUT2D eigenvalue weighted by Crippen LogP contribution is 2.27. The predicted octanol–water partition coefficient (Wildman–Crippen LogP) is 4.63. The quantitative estimate of drug-likeness (QED) is 0.528. The molecule has 4 heteroatoms. The Bertz CT molecular complexity index is 894. The molecule has 25 heavy (non-hydrogen) atoms. The molecule has 4 nitrogen and oxygen atoms in total. The van der Waals surface area contributed by atoms with Crippen LogP contribution in [0.5, 0.6) is 5.75 Å². The summed E-state index contributed by atoms with van der Waals surface area (Å²) in [6, 6.07) is 16.0. The summed E-state index contributed by atoms with van der Waals surface area (Å²) < 4.78 is 10.8. The molecule has 0 aliphatic heterocycles. The Morgan fingerprint density at radius 1 is 1.16 bits per heavy atom. The number of hydrogen-bond donors (Lipinski definition) is 1. The van der Waals surface area contributed by atoms with Crippen molar-refractivity contribution in [2.75, 3.05) is 6.61 Å². The standard InChI is InChI=1S/C21H21NO3/c1-3-24-21(23)12-11-19-15(2)18-13-17(9-10-20(18)22-19)25-14-16-7-5-4-6-8-16/h4-13,22H,3,14H2,1-2H3/b12-11+. The second kappa shape index (κ2) is 7.71. The first kappa shape index (κ1) is 16.8. The van der Waals surface area contributed by atoms with Crippen molar-refractivity contribution in [1.29, 1.82) is 0 Å². The normalized spacial score (nSPS) is 11.1. The highest BCUT2D eigenvalue weighted by atomic mass is 16.5. The first-order valence-electron chi connectivity index (χ1n) is 8.31. The summed E-state index contributed by atoms with van der Waals surface area (Å²) in [5.74, 6) is 0.479. The highest BCUT2D eigenvalue weighted by Gasteiger charge is 2.07. The van der Waals surface area contributed by atoms with E-state index in [9.17, 15) is 4.79 Å². The molecule has 0 bridgehead atoms. The van der Waals surface area contributed by atoms with Gasteiger partial charge in [0.2, 0.25) is 0 Å².